The third-order valence-electron chi connectivity index (χ3n) is 2.55. The Kier molecular flexibility index (Phi) is 4.62. The summed E-state index contributed by atoms with van der Waals surface area (Å²) in [4.78, 5) is 3.61. The molecule has 0 aromatic heterocycles. The number of hydrogen-bond acceptors (Lipinski definition) is 3. The summed E-state index contributed by atoms with van der Waals surface area (Å²) < 4.78 is 18.7. The summed E-state index contributed by atoms with van der Waals surface area (Å²) in [5.74, 6) is 6.14. The smallest absolute Gasteiger partial charge is 0.150 e. The largest absolute Gasteiger partial charge is 0.497 e. The highest BCUT2D eigenvalue weighted by atomic mass is 32.1. The number of methoxy groups -OCH3 is 1. The van der Waals surface area contributed by atoms with Gasteiger partial charge in [0.15, 0.2) is 5.82 Å². The van der Waals surface area contributed by atoms with Crippen LogP contribution in [-0.2, 0) is 0 Å². The van der Waals surface area contributed by atoms with E-state index in [1.165, 1.54) is 12.1 Å². The molecule has 0 bridgehead atoms. The average Bonchev–Trinajstić information content (AvgIpc) is 2.48. The summed E-state index contributed by atoms with van der Waals surface area (Å²) >= 11 is 4.44. The van der Waals surface area contributed by atoms with Gasteiger partial charge in [0.05, 0.1) is 12.3 Å². The van der Waals surface area contributed by atoms with Gasteiger partial charge >= 0.3 is 0 Å². The summed E-state index contributed by atoms with van der Waals surface area (Å²) in [5, 5.41) is 2.13. The lowest BCUT2D eigenvalue weighted by molar-refractivity contribution is 0.415. The second kappa shape index (κ2) is 6.63. The SMILES string of the molecule is COc1ccc(C#Cc2ccc(N=C=S)c(F)c2)cc1. The molecule has 0 spiro atoms. The van der Waals surface area contributed by atoms with Crippen molar-refractivity contribution in [3.63, 3.8) is 0 Å². The third kappa shape index (κ3) is 3.52. The van der Waals surface area contributed by atoms with E-state index in [0.717, 1.165) is 11.3 Å². The van der Waals surface area contributed by atoms with Crippen molar-refractivity contribution in [1.29, 1.82) is 0 Å². The summed E-state index contributed by atoms with van der Waals surface area (Å²) in [6.07, 6.45) is 0. The zero-order chi connectivity index (χ0) is 14.4. The Balaban J connectivity index is 2.23. The van der Waals surface area contributed by atoms with E-state index in [4.69, 9.17) is 4.74 Å². The van der Waals surface area contributed by atoms with Crippen LogP contribution in [0.5, 0.6) is 5.75 Å². The number of hydrogen-bond donors (Lipinski definition) is 0. The Morgan fingerprint density at radius 2 is 1.70 bits per heavy atom. The predicted octanol–water partition coefficient (Wildman–Crippen LogP) is 3.97. The van der Waals surface area contributed by atoms with E-state index in [1.54, 1.807) is 13.2 Å². The van der Waals surface area contributed by atoms with Gasteiger partial charge < -0.3 is 4.74 Å². The van der Waals surface area contributed by atoms with Crippen LogP contribution >= 0.6 is 12.2 Å². The molecule has 0 saturated carbocycles. The number of thiocarbonyl (C=S) groups is 1. The summed E-state index contributed by atoms with van der Waals surface area (Å²) in [6, 6.07) is 11.9. The van der Waals surface area contributed by atoms with Crippen LogP contribution in [-0.4, -0.2) is 12.3 Å². The van der Waals surface area contributed by atoms with Crippen LogP contribution in [0.25, 0.3) is 0 Å². The maximum absolute atomic E-state index is 13.6. The van der Waals surface area contributed by atoms with Crippen molar-refractivity contribution in [3.8, 4) is 17.6 Å². The lowest BCUT2D eigenvalue weighted by atomic mass is 10.1. The predicted molar refractivity (Wildman–Crippen MR) is 80.1 cm³/mol. The molecule has 0 amide bonds. The second-order valence-electron chi connectivity index (χ2n) is 3.85. The van der Waals surface area contributed by atoms with Crippen molar-refractivity contribution in [2.45, 2.75) is 0 Å². The van der Waals surface area contributed by atoms with E-state index in [9.17, 15) is 4.39 Å². The van der Waals surface area contributed by atoms with Crippen molar-refractivity contribution in [2.24, 2.45) is 4.99 Å². The highest BCUT2D eigenvalue weighted by Crippen LogP contribution is 2.18. The molecule has 0 N–H and O–H groups in total. The molecule has 0 radical (unpaired) electrons. The highest BCUT2D eigenvalue weighted by molar-refractivity contribution is 7.78. The van der Waals surface area contributed by atoms with Crippen molar-refractivity contribution >= 4 is 23.1 Å². The molecule has 0 aliphatic heterocycles. The first-order chi connectivity index (χ1) is 9.72. The van der Waals surface area contributed by atoms with Crippen molar-refractivity contribution in [2.75, 3.05) is 7.11 Å². The van der Waals surface area contributed by atoms with Crippen molar-refractivity contribution in [1.82, 2.24) is 0 Å². The molecule has 0 saturated heterocycles. The lowest BCUT2D eigenvalue weighted by Gasteiger charge is -1.98. The van der Waals surface area contributed by atoms with E-state index < -0.39 is 5.82 Å². The van der Waals surface area contributed by atoms with Gasteiger partial charge in [-0.15, -0.1) is 0 Å². The Morgan fingerprint density at radius 1 is 1.05 bits per heavy atom. The lowest BCUT2D eigenvalue weighted by Crippen LogP contribution is -1.82. The fourth-order valence-corrected chi connectivity index (χ4v) is 1.64. The standard InChI is InChI=1S/C16H10FNOS/c1-19-14-7-4-12(5-8-14)2-3-13-6-9-16(18-11-20)15(17)10-13/h4-10H,1H3. The number of aliphatic imine (C=N–C) groups is 1. The van der Waals surface area contributed by atoms with Gasteiger partial charge in [-0.3, -0.25) is 0 Å². The monoisotopic (exact) mass is 283 g/mol. The van der Waals surface area contributed by atoms with Gasteiger partial charge in [-0.05, 0) is 54.7 Å². The van der Waals surface area contributed by atoms with E-state index in [0.29, 0.717) is 5.56 Å². The summed E-state index contributed by atoms with van der Waals surface area (Å²) in [6.45, 7) is 0. The molecule has 2 aromatic rings. The maximum atomic E-state index is 13.6. The first-order valence-corrected chi connectivity index (χ1v) is 6.17. The topological polar surface area (TPSA) is 21.6 Å². The molecule has 2 nitrogen and oxygen atoms in total. The van der Waals surface area contributed by atoms with Crippen LogP contribution in [0, 0.1) is 17.7 Å². The van der Waals surface area contributed by atoms with Gasteiger partial charge in [0.25, 0.3) is 0 Å². The summed E-state index contributed by atoms with van der Waals surface area (Å²) in [7, 11) is 1.60. The Bertz CT molecular complexity index is 722. The Morgan fingerprint density at radius 3 is 2.30 bits per heavy atom. The molecule has 2 rings (SSSR count). The molecule has 98 valence electrons. The van der Waals surface area contributed by atoms with E-state index in [2.05, 4.69) is 34.2 Å². The van der Waals surface area contributed by atoms with Gasteiger partial charge in [-0.1, -0.05) is 11.8 Å². The molecule has 0 atom stereocenters. The van der Waals surface area contributed by atoms with Gasteiger partial charge in [0, 0.05) is 11.1 Å². The minimum atomic E-state index is -0.469. The second-order valence-corrected chi connectivity index (χ2v) is 4.03. The van der Waals surface area contributed by atoms with E-state index >= 15 is 0 Å². The minimum Gasteiger partial charge on any atom is -0.497 e. The van der Waals surface area contributed by atoms with Crippen LogP contribution in [0.2, 0.25) is 0 Å². The Labute approximate surface area is 121 Å². The van der Waals surface area contributed by atoms with Crippen molar-refractivity contribution in [3.05, 3.63) is 59.4 Å². The number of nitrogens with zero attached hydrogens (tertiary/aromatic N) is 1. The normalized spacial score (nSPS) is 9.10. The van der Waals surface area contributed by atoms with Gasteiger partial charge in [0.1, 0.15) is 11.4 Å². The van der Waals surface area contributed by atoms with Crippen LogP contribution in [0.3, 0.4) is 0 Å². The van der Waals surface area contributed by atoms with Gasteiger partial charge in [-0.25, -0.2) is 4.39 Å². The first kappa shape index (κ1) is 14.0. The molecule has 0 unspecified atom stereocenters. The Hall–Kier alpha value is -2.47. The van der Waals surface area contributed by atoms with E-state index in [-0.39, 0.29) is 5.69 Å². The zero-order valence-corrected chi connectivity index (χ0v) is 11.5. The number of benzene rings is 2. The van der Waals surface area contributed by atoms with Crippen LogP contribution in [0.15, 0.2) is 47.5 Å². The fourth-order valence-electron chi connectivity index (χ4n) is 1.54. The molecule has 0 aliphatic carbocycles. The first-order valence-electron chi connectivity index (χ1n) is 5.76. The van der Waals surface area contributed by atoms with Crippen LogP contribution in [0.1, 0.15) is 11.1 Å². The van der Waals surface area contributed by atoms with Crippen LogP contribution < -0.4 is 4.74 Å². The van der Waals surface area contributed by atoms with Gasteiger partial charge in [0.2, 0.25) is 0 Å². The molecule has 0 heterocycles. The number of isothiocyanates is 1. The zero-order valence-electron chi connectivity index (χ0n) is 10.7. The number of ether oxygens (including phenoxy) is 1. The fraction of sp³-hybridized carbons (Fsp3) is 0.0625. The van der Waals surface area contributed by atoms with E-state index in [1.807, 2.05) is 24.3 Å². The molecule has 0 aliphatic rings. The maximum Gasteiger partial charge on any atom is 0.150 e. The van der Waals surface area contributed by atoms with Crippen LogP contribution in [0.4, 0.5) is 10.1 Å². The summed E-state index contributed by atoms with van der Waals surface area (Å²) in [5.41, 5.74) is 1.56. The molecule has 0 fully saturated rings. The third-order valence-corrected chi connectivity index (χ3v) is 2.65. The van der Waals surface area contributed by atoms with Crippen molar-refractivity contribution < 1.29 is 9.13 Å². The molecule has 2 aromatic carbocycles. The molecule has 20 heavy (non-hydrogen) atoms. The quantitative estimate of drug-likeness (QED) is 0.472. The molecular formula is C16H10FNOS. The molecular weight excluding hydrogens is 273 g/mol. The average molecular weight is 283 g/mol. The number of rotatable bonds is 2. The molecule has 4 heteroatoms. The number of halogens is 1. The minimum absolute atomic E-state index is 0.162. The van der Waals surface area contributed by atoms with Gasteiger partial charge in [-0.2, -0.15) is 4.99 Å². The highest BCUT2D eigenvalue weighted by Gasteiger charge is 2.00.